The summed E-state index contributed by atoms with van der Waals surface area (Å²) in [5.41, 5.74) is 1.76. The Labute approximate surface area is 164 Å². The van der Waals surface area contributed by atoms with Crippen molar-refractivity contribution in [1.82, 2.24) is 9.88 Å². The Morgan fingerprint density at radius 2 is 2.04 bits per heavy atom. The number of aryl methyl sites for hydroxylation is 1. The lowest BCUT2D eigenvalue weighted by Crippen LogP contribution is -2.45. The number of ether oxygens (including phenoxy) is 2. The largest absolute Gasteiger partial charge is 0.467 e. The Bertz CT molecular complexity index is 896. The predicted molar refractivity (Wildman–Crippen MR) is 106 cm³/mol. The fourth-order valence-corrected chi connectivity index (χ4v) is 3.16. The summed E-state index contributed by atoms with van der Waals surface area (Å²) in [6.07, 6.45) is 1.68. The maximum absolute atomic E-state index is 13.9. The molecule has 0 spiro atoms. The fraction of sp³-hybridized carbons (Fsp3) is 0.429. The molecule has 0 fully saturated rings. The van der Waals surface area contributed by atoms with E-state index in [0.29, 0.717) is 11.8 Å². The summed E-state index contributed by atoms with van der Waals surface area (Å²) in [6.45, 7) is 8.97. The Morgan fingerprint density at radius 1 is 1.36 bits per heavy atom. The summed E-state index contributed by atoms with van der Waals surface area (Å²) in [6, 6.07) is 3.53. The van der Waals surface area contributed by atoms with Crippen molar-refractivity contribution in [3.8, 4) is 0 Å². The number of nitrogens with one attached hydrogen (secondary N) is 1. The van der Waals surface area contributed by atoms with E-state index in [1.807, 2.05) is 11.6 Å². The second-order valence-electron chi connectivity index (χ2n) is 7.56. The molecule has 6 nitrogen and oxygen atoms in total. The van der Waals surface area contributed by atoms with Crippen molar-refractivity contribution in [2.45, 2.75) is 45.3 Å². The summed E-state index contributed by atoms with van der Waals surface area (Å²) in [5, 5.41) is 3.25. The molecular formula is C21H27FN2O4. The number of carbonyl (C=O) groups is 2. The van der Waals surface area contributed by atoms with Gasteiger partial charge in [-0.3, -0.25) is 0 Å². The molecule has 0 unspecified atom stereocenters. The smallest absolute Gasteiger partial charge is 0.408 e. The quantitative estimate of drug-likeness (QED) is 0.604. The molecule has 1 heterocycles. The molecule has 152 valence electrons. The molecule has 7 heteroatoms. The molecule has 0 aliphatic heterocycles. The molecular weight excluding hydrogens is 363 g/mol. The first-order chi connectivity index (χ1) is 13.1. The highest BCUT2D eigenvalue weighted by Gasteiger charge is 2.28. The number of allylic oxidation sites excluding steroid dienone is 1. The van der Waals surface area contributed by atoms with Crippen LogP contribution in [0.25, 0.3) is 10.9 Å². The highest BCUT2D eigenvalue weighted by Crippen LogP contribution is 2.28. The van der Waals surface area contributed by atoms with Gasteiger partial charge in [-0.25, -0.2) is 14.0 Å². The third-order valence-electron chi connectivity index (χ3n) is 4.32. The van der Waals surface area contributed by atoms with Crippen molar-refractivity contribution in [2.75, 3.05) is 7.11 Å². The molecule has 1 aromatic heterocycles. The van der Waals surface area contributed by atoms with Crippen molar-refractivity contribution in [3.63, 3.8) is 0 Å². The minimum absolute atomic E-state index is 0.135. The number of hydrogen-bond donors (Lipinski definition) is 1. The van der Waals surface area contributed by atoms with Gasteiger partial charge in [-0.2, -0.15) is 0 Å². The van der Waals surface area contributed by atoms with Gasteiger partial charge in [-0.15, -0.1) is 6.58 Å². The summed E-state index contributed by atoms with van der Waals surface area (Å²) in [4.78, 5) is 24.5. The minimum Gasteiger partial charge on any atom is -0.467 e. The van der Waals surface area contributed by atoms with E-state index in [9.17, 15) is 14.0 Å². The van der Waals surface area contributed by atoms with Crippen LogP contribution in [-0.2, 0) is 34.2 Å². The molecule has 0 saturated carbocycles. The van der Waals surface area contributed by atoms with Crippen LogP contribution in [0.4, 0.5) is 9.18 Å². The summed E-state index contributed by atoms with van der Waals surface area (Å²) in [7, 11) is 3.12. The van der Waals surface area contributed by atoms with Gasteiger partial charge < -0.3 is 19.4 Å². The van der Waals surface area contributed by atoms with Crippen molar-refractivity contribution >= 4 is 23.0 Å². The Hall–Kier alpha value is -2.83. The number of carbonyl (C=O) groups excluding carboxylic acids is 2. The standard InChI is InChI=1S/C21H27FN2O4/c1-7-8-17-15(14-11-13(22)9-10-18(14)24(17)5)12-16(19(25)27-6)23-20(26)28-21(2,3)4/h7,9-11,16H,1,8,12H2,2-6H3,(H,23,26)/t16-/m0/s1. The third kappa shape index (κ3) is 4.91. The number of nitrogens with zero attached hydrogens (tertiary/aromatic N) is 1. The van der Waals surface area contributed by atoms with Gasteiger partial charge in [-0.05, 0) is 44.5 Å². The van der Waals surface area contributed by atoms with Crippen LogP contribution in [0.3, 0.4) is 0 Å². The molecule has 28 heavy (non-hydrogen) atoms. The van der Waals surface area contributed by atoms with Crippen LogP contribution < -0.4 is 5.32 Å². The molecule has 1 atom stereocenters. The van der Waals surface area contributed by atoms with Crippen LogP contribution in [-0.4, -0.2) is 35.4 Å². The van der Waals surface area contributed by atoms with E-state index >= 15 is 0 Å². The lowest BCUT2D eigenvalue weighted by atomic mass is 10.0. The first kappa shape index (κ1) is 21.5. The average Bonchev–Trinajstić information content (AvgIpc) is 2.84. The van der Waals surface area contributed by atoms with Crippen molar-refractivity contribution in [3.05, 3.63) is 47.9 Å². The van der Waals surface area contributed by atoms with E-state index in [-0.39, 0.29) is 12.2 Å². The van der Waals surface area contributed by atoms with Crippen LogP contribution >= 0.6 is 0 Å². The normalized spacial score (nSPS) is 12.5. The number of halogens is 1. The molecule has 0 aliphatic rings. The first-order valence-corrected chi connectivity index (χ1v) is 9.01. The molecule has 0 radical (unpaired) electrons. The van der Waals surface area contributed by atoms with E-state index in [1.54, 1.807) is 32.9 Å². The van der Waals surface area contributed by atoms with Gasteiger partial charge in [0.25, 0.3) is 0 Å². The van der Waals surface area contributed by atoms with Crippen molar-refractivity contribution in [2.24, 2.45) is 7.05 Å². The van der Waals surface area contributed by atoms with Crippen LogP contribution in [0.1, 0.15) is 32.0 Å². The maximum Gasteiger partial charge on any atom is 0.408 e. The maximum atomic E-state index is 13.9. The summed E-state index contributed by atoms with van der Waals surface area (Å²) >= 11 is 0. The van der Waals surface area contributed by atoms with E-state index in [0.717, 1.165) is 16.8 Å². The van der Waals surface area contributed by atoms with Crippen LogP contribution in [0.5, 0.6) is 0 Å². The van der Waals surface area contributed by atoms with E-state index < -0.39 is 23.7 Å². The number of aromatic nitrogens is 1. The number of alkyl carbamates (subject to hydrolysis) is 1. The topological polar surface area (TPSA) is 69.6 Å². The van der Waals surface area contributed by atoms with Gasteiger partial charge in [0.1, 0.15) is 17.5 Å². The monoisotopic (exact) mass is 390 g/mol. The highest BCUT2D eigenvalue weighted by molar-refractivity contribution is 5.88. The number of esters is 1. The van der Waals surface area contributed by atoms with Gasteiger partial charge in [-0.1, -0.05) is 6.08 Å². The van der Waals surface area contributed by atoms with Crippen molar-refractivity contribution < 1.29 is 23.5 Å². The van der Waals surface area contributed by atoms with Gasteiger partial charge in [0.05, 0.1) is 7.11 Å². The van der Waals surface area contributed by atoms with Crippen LogP contribution in [0.15, 0.2) is 30.9 Å². The van der Waals surface area contributed by atoms with Gasteiger partial charge >= 0.3 is 12.1 Å². The second kappa shape index (κ2) is 8.46. The molecule has 1 amide bonds. The molecule has 2 aromatic rings. The number of fused-ring (bicyclic) bond motifs is 1. The lowest BCUT2D eigenvalue weighted by Gasteiger charge is -2.23. The zero-order chi connectivity index (χ0) is 21.1. The van der Waals surface area contributed by atoms with Gasteiger partial charge in [0.2, 0.25) is 0 Å². The Kier molecular flexibility index (Phi) is 6.48. The summed E-state index contributed by atoms with van der Waals surface area (Å²) < 4.78 is 25.9. The first-order valence-electron chi connectivity index (χ1n) is 9.01. The zero-order valence-electron chi connectivity index (χ0n) is 17.0. The van der Waals surface area contributed by atoms with Gasteiger partial charge in [0.15, 0.2) is 0 Å². The number of rotatable bonds is 6. The number of hydrogen-bond acceptors (Lipinski definition) is 4. The van der Waals surface area contributed by atoms with Crippen LogP contribution in [0, 0.1) is 5.82 Å². The molecule has 0 bridgehead atoms. The van der Waals surface area contributed by atoms with Crippen molar-refractivity contribution in [1.29, 1.82) is 0 Å². The predicted octanol–water partition coefficient (Wildman–Crippen LogP) is 3.65. The Morgan fingerprint density at radius 3 is 2.61 bits per heavy atom. The second-order valence-corrected chi connectivity index (χ2v) is 7.56. The van der Waals surface area contributed by atoms with Gasteiger partial charge in [0, 0.05) is 36.5 Å². The minimum atomic E-state index is -0.975. The lowest BCUT2D eigenvalue weighted by molar-refractivity contribution is -0.143. The number of methoxy groups -OCH3 is 1. The average molecular weight is 390 g/mol. The molecule has 1 aromatic carbocycles. The highest BCUT2D eigenvalue weighted by atomic mass is 19.1. The molecule has 1 N–H and O–H groups in total. The summed E-state index contributed by atoms with van der Waals surface area (Å²) in [5.74, 6) is -0.983. The fourth-order valence-electron chi connectivity index (χ4n) is 3.16. The van der Waals surface area contributed by atoms with Crippen LogP contribution in [0.2, 0.25) is 0 Å². The number of benzene rings is 1. The van der Waals surface area contributed by atoms with E-state index in [1.165, 1.54) is 19.2 Å². The van der Waals surface area contributed by atoms with E-state index in [2.05, 4.69) is 11.9 Å². The van der Waals surface area contributed by atoms with E-state index in [4.69, 9.17) is 9.47 Å². The SMILES string of the molecule is C=CCc1c(C[C@H](NC(=O)OC(C)(C)C)C(=O)OC)c2cc(F)ccc2n1C. The Balaban J connectivity index is 2.45. The molecule has 0 saturated heterocycles. The third-order valence-corrected chi connectivity index (χ3v) is 4.32. The molecule has 2 rings (SSSR count). The molecule has 0 aliphatic carbocycles. The zero-order valence-corrected chi connectivity index (χ0v) is 17.0. The number of amides is 1.